The molecule has 3 saturated heterocycles. The van der Waals surface area contributed by atoms with Crippen molar-refractivity contribution in [3.8, 4) is 0 Å². The summed E-state index contributed by atoms with van der Waals surface area (Å²) in [5.41, 5.74) is 0.605. The lowest BCUT2D eigenvalue weighted by Crippen LogP contribution is -2.65. The highest BCUT2D eigenvalue weighted by Gasteiger charge is 2.49. The van der Waals surface area contributed by atoms with E-state index in [2.05, 4.69) is 21.8 Å². The van der Waals surface area contributed by atoms with Gasteiger partial charge in [-0.05, 0) is 50.4 Å². The maximum absolute atomic E-state index is 13.2. The molecule has 4 heterocycles. The number of piperidine rings is 3. The van der Waals surface area contributed by atoms with Gasteiger partial charge < -0.3 is 9.80 Å². The number of amides is 2. The van der Waals surface area contributed by atoms with Crippen molar-refractivity contribution in [3.05, 3.63) is 23.8 Å². The molecule has 4 atom stereocenters. The van der Waals surface area contributed by atoms with Gasteiger partial charge in [0.05, 0.1) is 5.56 Å². The number of carbonyl (C=O) groups excluding carboxylic acids is 2. The Morgan fingerprint density at radius 3 is 2.61 bits per heavy atom. The van der Waals surface area contributed by atoms with Gasteiger partial charge in [0, 0.05) is 49.9 Å². The molecule has 1 aliphatic carbocycles. The second-order valence-electron chi connectivity index (χ2n) is 9.19. The van der Waals surface area contributed by atoms with Crippen LogP contribution in [0.3, 0.4) is 0 Å². The molecule has 0 radical (unpaired) electrons. The lowest BCUT2D eigenvalue weighted by molar-refractivity contribution is -0.152. The third-order valence-electron chi connectivity index (χ3n) is 7.23. The maximum Gasteiger partial charge on any atom is 0.257 e. The van der Waals surface area contributed by atoms with Crippen LogP contribution in [0.4, 0.5) is 0 Å². The zero-order valence-corrected chi connectivity index (χ0v) is 16.7. The lowest BCUT2D eigenvalue weighted by Gasteiger charge is -2.56. The molecule has 2 bridgehead atoms. The van der Waals surface area contributed by atoms with Crippen molar-refractivity contribution in [1.29, 1.82) is 0 Å². The molecule has 150 valence electrons. The van der Waals surface area contributed by atoms with E-state index in [1.54, 1.807) is 12.4 Å². The standard InChI is InChI=1S/C22H30N4O2/c1-2-4-18-15-9-16(19-5-3-6-20(27)26(18)19)13-25(12-15)22(28)17-10-23-21(24-11-17)14-7-8-14/h10-11,14-16,18-19H,2-9,12-13H2,1H3/t15-,16+,18-,19-/m0/s1. The minimum atomic E-state index is 0.0582. The number of aromatic nitrogens is 2. The van der Waals surface area contributed by atoms with Gasteiger partial charge in [-0.25, -0.2) is 9.97 Å². The first kappa shape index (κ1) is 18.1. The first-order valence-corrected chi connectivity index (χ1v) is 11.1. The zero-order valence-electron chi connectivity index (χ0n) is 16.7. The molecule has 6 nitrogen and oxygen atoms in total. The Morgan fingerprint density at radius 1 is 1.14 bits per heavy atom. The smallest absolute Gasteiger partial charge is 0.257 e. The van der Waals surface area contributed by atoms with Crippen molar-refractivity contribution in [2.24, 2.45) is 11.8 Å². The number of hydrogen-bond acceptors (Lipinski definition) is 4. The summed E-state index contributed by atoms with van der Waals surface area (Å²) in [5.74, 6) is 2.59. The number of rotatable bonds is 4. The monoisotopic (exact) mass is 382 g/mol. The van der Waals surface area contributed by atoms with Gasteiger partial charge in [0.2, 0.25) is 5.91 Å². The minimum Gasteiger partial charge on any atom is -0.338 e. The predicted octanol–water partition coefficient (Wildman–Crippen LogP) is 3.00. The molecule has 6 heteroatoms. The van der Waals surface area contributed by atoms with E-state index in [-0.39, 0.29) is 5.91 Å². The van der Waals surface area contributed by atoms with Crippen LogP contribution in [0.15, 0.2) is 12.4 Å². The quantitative estimate of drug-likeness (QED) is 0.803. The van der Waals surface area contributed by atoms with Gasteiger partial charge in [0.25, 0.3) is 5.91 Å². The topological polar surface area (TPSA) is 66.4 Å². The summed E-state index contributed by atoms with van der Waals surface area (Å²) in [6.45, 7) is 3.70. The van der Waals surface area contributed by atoms with E-state index in [9.17, 15) is 9.59 Å². The molecule has 0 spiro atoms. The Kier molecular flexibility index (Phi) is 4.60. The average molecular weight is 383 g/mol. The predicted molar refractivity (Wildman–Crippen MR) is 105 cm³/mol. The maximum atomic E-state index is 13.2. The number of fused-ring (bicyclic) bond motifs is 4. The van der Waals surface area contributed by atoms with E-state index < -0.39 is 0 Å². The van der Waals surface area contributed by atoms with E-state index in [1.807, 2.05) is 4.90 Å². The average Bonchev–Trinajstić information content (AvgIpc) is 3.56. The van der Waals surface area contributed by atoms with Crippen molar-refractivity contribution >= 4 is 11.8 Å². The summed E-state index contributed by atoms with van der Waals surface area (Å²) in [4.78, 5) is 39.0. The van der Waals surface area contributed by atoms with Crippen LogP contribution in [-0.2, 0) is 4.79 Å². The summed E-state index contributed by atoms with van der Waals surface area (Å²) >= 11 is 0. The molecular formula is C22H30N4O2. The van der Waals surface area contributed by atoms with E-state index >= 15 is 0 Å². The molecule has 0 aromatic carbocycles. The van der Waals surface area contributed by atoms with Gasteiger partial charge in [-0.15, -0.1) is 0 Å². The van der Waals surface area contributed by atoms with Crippen molar-refractivity contribution < 1.29 is 9.59 Å². The Morgan fingerprint density at radius 2 is 1.89 bits per heavy atom. The number of likely N-dealkylation sites (tertiary alicyclic amines) is 1. The zero-order chi connectivity index (χ0) is 19.3. The highest BCUT2D eigenvalue weighted by atomic mass is 16.2. The second-order valence-corrected chi connectivity index (χ2v) is 9.19. The van der Waals surface area contributed by atoms with Crippen LogP contribution in [0.2, 0.25) is 0 Å². The van der Waals surface area contributed by atoms with E-state index in [0.717, 1.165) is 63.9 Å². The fraction of sp³-hybridized carbons (Fsp3) is 0.727. The van der Waals surface area contributed by atoms with Crippen LogP contribution in [0, 0.1) is 11.8 Å². The SMILES string of the molecule is CCC[C@H]1[C@H]2C[C@H](CN(C(=O)c3cnc(C4CC4)nc3)C2)[C@@H]2CCCC(=O)N21. The molecule has 5 rings (SSSR count). The molecule has 1 saturated carbocycles. The van der Waals surface area contributed by atoms with Gasteiger partial charge in [0.1, 0.15) is 5.82 Å². The fourth-order valence-corrected chi connectivity index (χ4v) is 5.79. The summed E-state index contributed by atoms with van der Waals surface area (Å²) in [5, 5.41) is 0. The van der Waals surface area contributed by atoms with E-state index in [4.69, 9.17) is 0 Å². The van der Waals surface area contributed by atoms with Gasteiger partial charge >= 0.3 is 0 Å². The van der Waals surface area contributed by atoms with Crippen molar-refractivity contribution in [2.75, 3.05) is 13.1 Å². The van der Waals surface area contributed by atoms with E-state index in [1.165, 1.54) is 0 Å². The summed E-state index contributed by atoms with van der Waals surface area (Å²) in [7, 11) is 0. The summed E-state index contributed by atoms with van der Waals surface area (Å²) in [6, 6.07) is 0.612. The Bertz CT molecular complexity index is 760. The molecule has 1 aromatic rings. The number of hydrogen-bond donors (Lipinski definition) is 0. The van der Waals surface area contributed by atoms with Crippen LogP contribution in [-0.4, -0.2) is 56.8 Å². The molecule has 2 amide bonds. The molecule has 0 N–H and O–H groups in total. The number of carbonyl (C=O) groups is 2. The fourth-order valence-electron chi connectivity index (χ4n) is 5.79. The van der Waals surface area contributed by atoms with Crippen LogP contribution in [0.1, 0.15) is 80.4 Å². The number of nitrogens with zero attached hydrogens (tertiary/aromatic N) is 4. The van der Waals surface area contributed by atoms with Crippen LogP contribution in [0.5, 0.6) is 0 Å². The molecule has 4 fully saturated rings. The highest BCUT2D eigenvalue weighted by molar-refractivity contribution is 5.93. The van der Waals surface area contributed by atoms with Crippen LogP contribution in [0.25, 0.3) is 0 Å². The third kappa shape index (κ3) is 3.11. The van der Waals surface area contributed by atoms with E-state index in [0.29, 0.717) is 47.7 Å². The second kappa shape index (κ2) is 7.12. The van der Waals surface area contributed by atoms with Crippen molar-refractivity contribution in [2.45, 2.75) is 76.3 Å². The summed E-state index contributed by atoms with van der Waals surface area (Å²) in [6.07, 6.45) is 11.8. The van der Waals surface area contributed by atoms with Crippen LogP contribution < -0.4 is 0 Å². The first-order chi connectivity index (χ1) is 13.7. The first-order valence-electron chi connectivity index (χ1n) is 11.1. The third-order valence-corrected chi connectivity index (χ3v) is 7.23. The molecule has 28 heavy (non-hydrogen) atoms. The molecule has 1 aromatic heterocycles. The van der Waals surface area contributed by atoms with Gasteiger partial charge in [-0.2, -0.15) is 0 Å². The normalized spacial score (nSPS) is 32.2. The molecule has 3 aliphatic heterocycles. The Hall–Kier alpha value is -1.98. The molecular weight excluding hydrogens is 352 g/mol. The minimum absolute atomic E-state index is 0.0582. The summed E-state index contributed by atoms with van der Waals surface area (Å²) < 4.78 is 0. The molecule has 0 unspecified atom stereocenters. The largest absolute Gasteiger partial charge is 0.338 e. The van der Waals surface area contributed by atoms with Gasteiger partial charge in [-0.1, -0.05) is 13.3 Å². The van der Waals surface area contributed by atoms with Gasteiger partial charge in [-0.3, -0.25) is 9.59 Å². The highest BCUT2D eigenvalue weighted by Crippen LogP contribution is 2.43. The van der Waals surface area contributed by atoms with Crippen molar-refractivity contribution in [1.82, 2.24) is 19.8 Å². The van der Waals surface area contributed by atoms with Crippen molar-refractivity contribution in [3.63, 3.8) is 0 Å². The Balaban J connectivity index is 1.36. The van der Waals surface area contributed by atoms with Crippen LogP contribution >= 0.6 is 0 Å². The molecule has 4 aliphatic rings. The Labute approximate surface area is 166 Å². The lowest BCUT2D eigenvalue weighted by atomic mass is 9.71. The van der Waals surface area contributed by atoms with Gasteiger partial charge in [0.15, 0.2) is 0 Å².